The number of hydrogen-bond acceptors (Lipinski definition) is 3. The Hall–Kier alpha value is -1.75. The van der Waals surface area contributed by atoms with Crippen molar-refractivity contribution in [3.05, 3.63) is 58.2 Å². The summed E-state index contributed by atoms with van der Waals surface area (Å²) in [5.74, 6) is -0.978. The molecule has 3 rings (SSSR count). The van der Waals surface area contributed by atoms with Crippen LogP contribution in [-0.4, -0.2) is 25.4 Å². The zero-order chi connectivity index (χ0) is 14.8. The standard InChI is InChI=1S/C15H11FN2OSSe/c1-9-7-20-8-11(9)13-6-17-15(21-13)18-14(19)10-4-2-3-5-12(10)16/h2-8H,1H3,(H,17,18,19). The number of aromatic nitrogens is 1. The van der Waals surface area contributed by atoms with Gasteiger partial charge < -0.3 is 0 Å². The van der Waals surface area contributed by atoms with Crippen molar-refractivity contribution in [1.82, 2.24) is 4.98 Å². The minimum absolute atomic E-state index is 0.0381. The first kappa shape index (κ1) is 14.2. The van der Waals surface area contributed by atoms with Gasteiger partial charge in [0.1, 0.15) is 0 Å². The van der Waals surface area contributed by atoms with Crippen molar-refractivity contribution < 1.29 is 9.18 Å². The molecule has 2 aromatic heterocycles. The number of carbonyl (C=O) groups is 1. The Labute approximate surface area is 131 Å². The summed E-state index contributed by atoms with van der Waals surface area (Å²) in [6.07, 6.45) is 1.78. The van der Waals surface area contributed by atoms with Crippen LogP contribution in [0.1, 0.15) is 15.9 Å². The molecule has 0 aliphatic rings. The Balaban J connectivity index is 1.81. The maximum atomic E-state index is 13.6. The van der Waals surface area contributed by atoms with Crippen molar-refractivity contribution in [2.75, 3.05) is 5.32 Å². The number of amides is 1. The Morgan fingerprint density at radius 3 is 2.86 bits per heavy atom. The van der Waals surface area contributed by atoms with Crippen LogP contribution in [0.3, 0.4) is 0 Å². The van der Waals surface area contributed by atoms with Gasteiger partial charge in [-0.2, -0.15) is 0 Å². The normalized spacial score (nSPS) is 10.6. The number of rotatable bonds is 3. The first-order chi connectivity index (χ1) is 10.1. The van der Waals surface area contributed by atoms with Crippen molar-refractivity contribution in [2.24, 2.45) is 0 Å². The number of aryl methyl sites for hydroxylation is 1. The van der Waals surface area contributed by atoms with E-state index in [1.165, 1.54) is 23.3 Å². The topological polar surface area (TPSA) is 42.0 Å². The van der Waals surface area contributed by atoms with Gasteiger partial charge in [-0.05, 0) is 0 Å². The average Bonchev–Trinajstić information content (AvgIpc) is 3.08. The molecule has 106 valence electrons. The zero-order valence-corrected chi connectivity index (χ0v) is 13.6. The number of halogens is 1. The molecule has 0 atom stereocenters. The number of anilines is 1. The number of carbonyl (C=O) groups excluding carboxylic acids is 1. The van der Waals surface area contributed by atoms with E-state index in [9.17, 15) is 9.18 Å². The number of benzene rings is 1. The van der Waals surface area contributed by atoms with Gasteiger partial charge in [-0.25, -0.2) is 0 Å². The summed E-state index contributed by atoms with van der Waals surface area (Å²) in [7, 11) is 0. The molecule has 0 aliphatic carbocycles. The van der Waals surface area contributed by atoms with Crippen molar-refractivity contribution >= 4 is 36.4 Å². The van der Waals surface area contributed by atoms with E-state index in [1.807, 2.05) is 0 Å². The van der Waals surface area contributed by atoms with Gasteiger partial charge in [0.25, 0.3) is 0 Å². The van der Waals surface area contributed by atoms with Gasteiger partial charge in [-0.15, -0.1) is 0 Å². The van der Waals surface area contributed by atoms with Gasteiger partial charge in [0, 0.05) is 0 Å². The summed E-state index contributed by atoms with van der Waals surface area (Å²) in [4.78, 5) is 16.3. The molecule has 2 heterocycles. The van der Waals surface area contributed by atoms with Gasteiger partial charge in [0.15, 0.2) is 0 Å². The van der Waals surface area contributed by atoms with Crippen molar-refractivity contribution in [3.8, 4) is 10.0 Å². The number of hydrogen-bond donors (Lipinski definition) is 1. The molecule has 0 spiro atoms. The Morgan fingerprint density at radius 1 is 1.33 bits per heavy atom. The van der Waals surface area contributed by atoms with E-state index in [0.717, 1.165) is 4.44 Å². The van der Waals surface area contributed by atoms with Crippen LogP contribution >= 0.6 is 11.3 Å². The van der Waals surface area contributed by atoms with Gasteiger partial charge >= 0.3 is 131 Å². The molecule has 21 heavy (non-hydrogen) atoms. The number of nitrogens with one attached hydrogen (secondary N) is 1. The molecule has 1 N–H and O–H groups in total. The Bertz CT molecular complexity index is 796. The van der Waals surface area contributed by atoms with Crippen LogP contribution < -0.4 is 5.32 Å². The van der Waals surface area contributed by atoms with Gasteiger partial charge in [0.05, 0.1) is 0 Å². The summed E-state index contributed by atoms with van der Waals surface area (Å²) < 4.78 is 15.3. The summed E-state index contributed by atoms with van der Waals surface area (Å²) in [6, 6.07) is 5.93. The number of thiophene rings is 1. The quantitative estimate of drug-likeness (QED) is 0.721. The molecule has 0 aliphatic heterocycles. The molecular formula is C15H11FN2OSSe. The third-order valence-electron chi connectivity index (χ3n) is 2.97. The van der Waals surface area contributed by atoms with E-state index in [-0.39, 0.29) is 20.1 Å². The number of nitrogens with zero attached hydrogens (tertiary/aromatic N) is 1. The fraction of sp³-hybridized carbons (Fsp3) is 0.0667. The molecule has 0 saturated carbocycles. The van der Waals surface area contributed by atoms with Gasteiger partial charge in [0.2, 0.25) is 0 Å². The van der Waals surface area contributed by atoms with E-state index < -0.39 is 11.7 Å². The van der Waals surface area contributed by atoms with Crippen LogP contribution in [-0.2, 0) is 0 Å². The van der Waals surface area contributed by atoms with E-state index >= 15 is 0 Å². The first-order valence-corrected chi connectivity index (χ1v) is 8.85. The first-order valence-electron chi connectivity index (χ1n) is 6.20. The van der Waals surface area contributed by atoms with Crippen LogP contribution in [0.15, 0.2) is 41.2 Å². The molecule has 6 heteroatoms. The second kappa shape index (κ2) is 5.93. The second-order valence-corrected chi connectivity index (χ2v) is 7.34. The third-order valence-corrected chi connectivity index (χ3v) is 5.81. The van der Waals surface area contributed by atoms with Crippen molar-refractivity contribution in [3.63, 3.8) is 0 Å². The fourth-order valence-corrected chi connectivity index (χ4v) is 4.77. The van der Waals surface area contributed by atoms with Crippen LogP contribution in [0, 0.1) is 12.7 Å². The fourth-order valence-electron chi connectivity index (χ4n) is 1.88. The SMILES string of the molecule is Cc1cscc1-c1cnc(NC(=O)c2ccccc2F)[se]1. The summed E-state index contributed by atoms with van der Waals surface area (Å²) in [5, 5.41) is 6.87. The summed E-state index contributed by atoms with van der Waals surface area (Å²) in [6.45, 7) is 2.05. The molecule has 0 radical (unpaired) electrons. The minimum atomic E-state index is -0.525. The van der Waals surface area contributed by atoms with E-state index in [1.54, 1.807) is 29.7 Å². The maximum absolute atomic E-state index is 13.6. The molecule has 0 unspecified atom stereocenters. The third kappa shape index (κ3) is 2.97. The molecule has 0 bridgehead atoms. The Morgan fingerprint density at radius 2 is 2.14 bits per heavy atom. The molecule has 1 aromatic carbocycles. The molecule has 0 fully saturated rings. The van der Waals surface area contributed by atoms with Gasteiger partial charge in [-0.3, -0.25) is 0 Å². The zero-order valence-electron chi connectivity index (χ0n) is 11.1. The monoisotopic (exact) mass is 366 g/mol. The molecule has 0 saturated heterocycles. The van der Waals surface area contributed by atoms with E-state index in [0.29, 0.717) is 4.69 Å². The van der Waals surface area contributed by atoms with Crippen molar-refractivity contribution in [2.45, 2.75) is 6.92 Å². The predicted octanol–water partition coefficient (Wildman–Crippen LogP) is 3.57. The van der Waals surface area contributed by atoms with Crippen LogP contribution in [0.5, 0.6) is 0 Å². The van der Waals surface area contributed by atoms with Gasteiger partial charge in [-0.1, -0.05) is 0 Å². The van der Waals surface area contributed by atoms with Crippen LogP contribution in [0.2, 0.25) is 0 Å². The molecule has 3 aromatic rings. The summed E-state index contributed by atoms with van der Waals surface area (Å²) in [5.41, 5.74) is 2.43. The van der Waals surface area contributed by atoms with Crippen molar-refractivity contribution in [1.29, 1.82) is 0 Å². The van der Waals surface area contributed by atoms with Crippen LogP contribution in [0.25, 0.3) is 10.0 Å². The predicted molar refractivity (Wildman–Crippen MR) is 83.6 cm³/mol. The van der Waals surface area contributed by atoms with E-state index in [2.05, 4.69) is 28.0 Å². The molecule has 1 amide bonds. The summed E-state index contributed by atoms with van der Waals surface area (Å²) >= 11 is 1.59. The molecule has 3 nitrogen and oxygen atoms in total. The second-order valence-electron chi connectivity index (χ2n) is 4.43. The molecular weight excluding hydrogens is 354 g/mol. The average molecular weight is 365 g/mol. The Kier molecular flexibility index (Phi) is 4.01. The van der Waals surface area contributed by atoms with Crippen LogP contribution in [0.4, 0.5) is 9.08 Å². The van der Waals surface area contributed by atoms with E-state index in [4.69, 9.17) is 0 Å².